The lowest BCUT2D eigenvalue weighted by molar-refractivity contribution is -0.129. The van der Waals surface area contributed by atoms with E-state index in [1.54, 1.807) is 6.92 Å². The van der Waals surface area contributed by atoms with Crippen molar-refractivity contribution in [2.24, 2.45) is 0 Å². The molecule has 2 amide bonds. The molecule has 130 valence electrons. The second-order valence-corrected chi connectivity index (χ2v) is 6.65. The van der Waals surface area contributed by atoms with Crippen molar-refractivity contribution >= 4 is 28.3 Å². The summed E-state index contributed by atoms with van der Waals surface area (Å²) in [6.45, 7) is 2.95. The minimum absolute atomic E-state index is 0.0841. The molecule has 1 N–H and O–H groups in total. The fourth-order valence-corrected chi connectivity index (χ4v) is 3.53. The van der Waals surface area contributed by atoms with Gasteiger partial charge in [-0.2, -0.15) is 0 Å². The molecule has 0 fully saturated rings. The van der Waals surface area contributed by atoms with E-state index in [-0.39, 0.29) is 11.8 Å². The minimum atomic E-state index is -0.124. The van der Waals surface area contributed by atoms with Crippen LogP contribution >= 0.6 is 0 Å². The summed E-state index contributed by atoms with van der Waals surface area (Å²) >= 11 is 0. The van der Waals surface area contributed by atoms with E-state index >= 15 is 0 Å². The predicted octanol–water partition coefficient (Wildman–Crippen LogP) is 4.00. The first-order valence-electron chi connectivity index (χ1n) is 8.78. The van der Waals surface area contributed by atoms with Gasteiger partial charge in [0.15, 0.2) is 0 Å². The molecule has 1 aliphatic rings. The van der Waals surface area contributed by atoms with E-state index in [9.17, 15) is 9.59 Å². The van der Waals surface area contributed by atoms with Crippen LogP contribution in [-0.4, -0.2) is 23.3 Å². The lowest BCUT2D eigenvalue weighted by Crippen LogP contribution is -2.34. The number of fused-ring (bicyclic) bond motifs is 2. The average Bonchev–Trinajstić information content (AvgIpc) is 2.66. The van der Waals surface area contributed by atoms with Crippen molar-refractivity contribution in [1.29, 1.82) is 0 Å². The van der Waals surface area contributed by atoms with Crippen LogP contribution in [0.1, 0.15) is 28.4 Å². The zero-order valence-electron chi connectivity index (χ0n) is 14.7. The number of anilines is 1. The lowest BCUT2D eigenvalue weighted by atomic mass is 9.98. The fraction of sp³-hybridized carbons (Fsp3) is 0.182. The van der Waals surface area contributed by atoms with Gasteiger partial charge in [-0.05, 0) is 46.5 Å². The number of amides is 2. The molecule has 1 heterocycles. The number of hydrogen-bond donors (Lipinski definition) is 1. The van der Waals surface area contributed by atoms with Gasteiger partial charge in [0.25, 0.3) is 5.91 Å². The van der Waals surface area contributed by atoms with Crippen molar-refractivity contribution in [1.82, 2.24) is 4.90 Å². The topological polar surface area (TPSA) is 49.4 Å². The van der Waals surface area contributed by atoms with Crippen LogP contribution in [0.5, 0.6) is 0 Å². The molecular formula is C22H20N2O2. The van der Waals surface area contributed by atoms with Crippen molar-refractivity contribution < 1.29 is 9.59 Å². The summed E-state index contributed by atoms with van der Waals surface area (Å²) in [7, 11) is 0. The Morgan fingerprint density at radius 1 is 0.962 bits per heavy atom. The lowest BCUT2D eigenvalue weighted by Gasteiger charge is -2.28. The predicted molar refractivity (Wildman–Crippen MR) is 103 cm³/mol. The highest BCUT2D eigenvalue weighted by Gasteiger charge is 2.19. The van der Waals surface area contributed by atoms with Crippen LogP contribution in [0.2, 0.25) is 0 Å². The number of benzene rings is 3. The molecular weight excluding hydrogens is 324 g/mol. The summed E-state index contributed by atoms with van der Waals surface area (Å²) in [4.78, 5) is 26.3. The van der Waals surface area contributed by atoms with Gasteiger partial charge >= 0.3 is 0 Å². The molecule has 0 saturated heterocycles. The zero-order chi connectivity index (χ0) is 18.1. The Morgan fingerprint density at radius 3 is 2.62 bits per heavy atom. The van der Waals surface area contributed by atoms with Gasteiger partial charge in [-0.25, -0.2) is 0 Å². The first kappa shape index (κ1) is 16.3. The highest BCUT2D eigenvalue weighted by molar-refractivity contribution is 6.12. The molecule has 0 aliphatic carbocycles. The van der Waals surface area contributed by atoms with Gasteiger partial charge in [0, 0.05) is 31.3 Å². The largest absolute Gasteiger partial charge is 0.338 e. The normalized spacial score (nSPS) is 13.3. The van der Waals surface area contributed by atoms with Gasteiger partial charge in [0.2, 0.25) is 5.91 Å². The van der Waals surface area contributed by atoms with Gasteiger partial charge in [-0.15, -0.1) is 0 Å². The summed E-state index contributed by atoms with van der Waals surface area (Å²) in [5, 5.41) is 4.98. The molecule has 0 saturated carbocycles. The van der Waals surface area contributed by atoms with E-state index in [1.807, 2.05) is 65.6 Å². The summed E-state index contributed by atoms with van der Waals surface area (Å²) in [5.41, 5.74) is 3.76. The van der Waals surface area contributed by atoms with E-state index in [0.29, 0.717) is 12.1 Å². The smallest absolute Gasteiger partial charge is 0.256 e. The number of nitrogens with one attached hydrogen (secondary N) is 1. The first-order valence-corrected chi connectivity index (χ1v) is 8.78. The van der Waals surface area contributed by atoms with Crippen molar-refractivity contribution in [3.63, 3.8) is 0 Å². The molecule has 3 aromatic rings. The summed E-state index contributed by atoms with van der Waals surface area (Å²) in [6, 6.07) is 19.6. The third-order valence-electron chi connectivity index (χ3n) is 4.96. The van der Waals surface area contributed by atoms with Crippen LogP contribution in [-0.2, 0) is 17.8 Å². The molecule has 4 nitrogen and oxygen atoms in total. The summed E-state index contributed by atoms with van der Waals surface area (Å²) < 4.78 is 0. The van der Waals surface area contributed by atoms with Crippen molar-refractivity contribution in [3.8, 4) is 0 Å². The van der Waals surface area contributed by atoms with Crippen LogP contribution in [0, 0.1) is 0 Å². The number of carbonyl (C=O) groups excluding carboxylic acids is 2. The Labute approximate surface area is 152 Å². The second-order valence-electron chi connectivity index (χ2n) is 6.65. The van der Waals surface area contributed by atoms with Gasteiger partial charge in [0.05, 0.1) is 0 Å². The molecule has 4 heteroatoms. The maximum atomic E-state index is 12.8. The number of carbonyl (C=O) groups is 2. The second kappa shape index (κ2) is 6.64. The Morgan fingerprint density at radius 2 is 1.77 bits per heavy atom. The Bertz CT molecular complexity index is 1000. The molecule has 3 aromatic carbocycles. The Kier molecular flexibility index (Phi) is 4.17. The maximum absolute atomic E-state index is 12.8. The summed E-state index contributed by atoms with van der Waals surface area (Å²) in [6.07, 6.45) is 0.854. The number of nitrogens with zero attached hydrogens (tertiary/aromatic N) is 1. The van der Waals surface area contributed by atoms with E-state index in [4.69, 9.17) is 0 Å². The van der Waals surface area contributed by atoms with Crippen molar-refractivity contribution in [3.05, 3.63) is 77.4 Å². The minimum Gasteiger partial charge on any atom is -0.338 e. The van der Waals surface area contributed by atoms with Gasteiger partial charge < -0.3 is 10.2 Å². The maximum Gasteiger partial charge on any atom is 0.256 e. The fourth-order valence-electron chi connectivity index (χ4n) is 3.53. The van der Waals surface area contributed by atoms with Crippen LogP contribution in [0.3, 0.4) is 0 Å². The van der Waals surface area contributed by atoms with E-state index in [0.717, 1.165) is 35.0 Å². The Balaban J connectivity index is 1.60. The number of hydrogen-bond acceptors (Lipinski definition) is 2. The molecule has 0 atom stereocenters. The highest BCUT2D eigenvalue weighted by Crippen LogP contribution is 2.24. The van der Waals surface area contributed by atoms with Crippen molar-refractivity contribution in [2.45, 2.75) is 19.9 Å². The molecule has 1 aliphatic heterocycles. The monoisotopic (exact) mass is 344 g/mol. The van der Waals surface area contributed by atoms with Gasteiger partial charge in [-0.3, -0.25) is 9.59 Å². The molecule has 26 heavy (non-hydrogen) atoms. The molecule has 4 rings (SSSR count). The van der Waals surface area contributed by atoms with Crippen LogP contribution < -0.4 is 5.32 Å². The molecule has 0 bridgehead atoms. The van der Waals surface area contributed by atoms with E-state index < -0.39 is 0 Å². The molecule has 0 spiro atoms. The third kappa shape index (κ3) is 3.06. The number of rotatable bonds is 2. The first-order chi connectivity index (χ1) is 12.6. The molecule has 0 aromatic heterocycles. The SMILES string of the molecule is CC(=O)N1CCc2ccc(NC(=O)c3cccc4ccccc34)cc2C1. The molecule has 0 radical (unpaired) electrons. The van der Waals surface area contributed by atoms with Gasteiger partial charge in [-0.1, -0.05) is 42.5 Å². The van der Waals surface area contributed by atoms with Crippen LogP contribution in [0.4, 0.5) is 5.69 Å². The van der Waals surface area contributed by atoms with Crippen LogP contribution in [0.25, 0.3) is 10.8 Å². The molecule has 0 unspecified atom stereocenters. The third-order valence-corrected chi connectivity index (χ3v) is 4.96. The quantitative estimate of drug-likeness (QED) is 0.764. The summed E-state index contributed by atoms with van der Waals surface area (Å²) in [5.74, 6) is -0.0400. The Hall–Kier alpha value is -3.14. The van der Waals surface area contributed by atoms with Crippen LogP contribution in [0.15, 0.2) is 60.7 Å². The zero-order valence-corrected chi connectivity index (χ0v) is 14.7. The van der Waals surface area contributed by atoms with E-state index in [1.165, 1.54) is 5.56 Å². The van der Waals surface area contributed by atoms with Crippen molar-refractivity contribution in [2.75, 3.05) is 11.9 Å². The average molecular weight is 344 g/mol. The van der Waals surface area contributed by atoms with E-state index in [2.05, 4.69) is 5.32 Å². The highest BCUT2D eigenvalue weighted by atomic mass is 16.2. The van der Waals surface area contributed by atoms with Gasteiger partial charge in [0.1, 0.15) is 0 Å². The standard InChI is InChI=1S/C22H20N2O2/c1-15(25)24-12-11-16-9-10-19(13-18(16)14-24)23-22(26)21-8-4-6-17-5-2-3-7-20(17)21/h2-10,13H,11-12,14H2,1H3,(H,23,26).